The summed E-state index contributed by atoms with van der Waals surface area (Å²) in [5, 5.41) is 0. The maximum Gasteiger partial charge on any atom is 0.310 e. The summed E-state index contributed by atoms with van der Waals surface area (Å²) in [5.41, 5.74) is 0.937. The quantitative estimate of drug-likeness (QED) is 0.443. The van der Waals surface area contributed by atoms with Crippen molar-refractivity contribution < 1.29 is 36.0 Å². The van der Waals surface area contributed by atoms with Gasteiger partial charge in [-0.15, -0.1) is 0 Å². The van der Waals surface area contributed by atoms with Crippen LogP contribution in [0, 0.1) is 0 Å². The highest BCUT2D eigenvalue weighted by Crippen LogP contribution is 2.09. The summed E-state index contributed by atoms with van der Waals surface area (Å²) in [5.74, 6) is -0.613. The highest BCUT2D eigenvalue weighted by Gasteiger charge is 2.25. The van der Waals surface area contributed by atoms with E-state index < -0.39 is 6.10 Å². The number of carbonyl (C=O) groups excluding carboxylic acids is 2. The number of rotatable bonds is 9. The number of halogens is 1. The predicted molar refractivity (Wildman–Crippen MR) is 88.5 cm³/mol. The van der Waals surface area contributed by atoms with Gasteiger partial charge in [0.1, 0.15) is 13.2 Å². The van der Waals surface area contributed by atoms with Gasteiger partial charge < -0.3 is 26.4 Å². The Bertz CT molecular complexity index is 499. The number of esters is 2. The van der Waals surface area contributed by atoms with Crippen molar-refractivity contribution in [1.29, 1.82) is 0 Å². The molecule has 0 aliphatic carbocycles. The van der Waals surface area contributed by atoms with Gasteiger partial charge in [0.2, 0.25) is 0 Å². The molecule has 1 aromatic rings. The third-order valence-electron chi connectivity index (χ3n) is 3.14. The zero-order valence-electron chi connectivity index (χ0n) is 15.0. The number of quaternary nitrogens is 1. The lowest BCUT2D eigenvalue weighted by Gasteiger charge is -2.28. The summed E-state index contributed by atoms with van der Waals surface area (Å²) in [7, 11) is 5.99. The summed E-state index contributed by atoms with van der Waals surface area (Å²) < 4.78 is 11.3. The largest absolute Gasteiger partial charge is 1.00 e. The van der Waals surface area contributed by atoms with Crippen molar-refractivity contribution in [1.82, 2.24) is 0 Å². The van der Waals surface area contributed by atoms with Gasteiger partial charge >= 0.3 is 11.9 Å². The van der Waals surface area contributed by atoms with E-state index in [-0.39, 0.29) is 37.4 Å². The molecule has 0 spiro atoms. The molecule has 0 aromatic heterocycles. The minimum absolute atomic E-state index is 0. The number of hydrogen-bond donors (Lipinski definition) is 0. The zero-order valence-corrected chi connectivity index (χ0v) is 15.7. The molecule has 0 aliphatic heterocycles. The van der Waals surface area contributed by atoms with Crippen LogP contribution in [0.3, 0.4) is 0 Å². The van der Waals surface area contributed by atoms with E-state index in [0.717, 1.165) is 12.0 Å². The molecule has 0 amide bonds. The number of benzene rings is 1. The van der Waals surface area contributed by atoms with Crippen molar-refractivity contribution >= 4 is 11.9 Å². The van der Waals surface area contributed by atoms with Gasteiger partial charge in [0.05, 0.1) is 27.6 Å². The molecule has 5 nitrogen and oxygen atoms in total. The Morgan fingerprint density at radius 2 is 1.71 bits per heavy atom. The molecule has 1 rings (SSSR count). The molecule has 0 bridgehead atoms. The molecule has 0 fully saturated rings. The highest BCUT2D eigenvalue weighted by atomic mass is 35.5. The Morgan fingerprint density at radius 3 is 2.25 bits per heavy atom. The molecule has 136 valence electrons. The smallest absolute Gasteiger partial charge is 0.310 e. The van der Waals surface area contributed by atoms with E-state index in [1.54, 1.807) is 0 Å². The lowest BCUT2D eigenvalue weighted by atomic mass is 10.2. The van der Waals surface area contributed by atoms with Crippen molar-refractivity contribution in [2.45, 2.75) is 38.9 Å². The molecular formula is C18H28ClNO4. The number of ether oxygens (including phenoxy) is 2. The third-order valence-corrected chi connectivity index (χ3v) is 3.14. The summed E-state index contributed by atoms with van der Waals surface area (Å²) in [4.78, 5) is 23.8. The molecule has 0 radical (unpaired) electrons. The maximum atomic E-state index is 12.0. The van der Waals surface area contributed by atoms with Crippen LogP contribution in [0.5, 0.6) is 0 Å². The van der Waals surface area contributed by atoms with Crippen LogP contribution in [0.1, 0.15) is 31.7 Å². The fourth-order valence-corrected chi connectivity index (χ4v) is 2.19. The van der Waals surface area contributed by atoms with Crippen LogP contribution in [0.2, 0.25) is 0 Å². The number of nitrogens with zero attached hydrogens (tertiary/aromatic N) is 1. The summed E-state index contributed by atoms with van der Waals surface area (Å²) in [6, 6.07) is 9.51. The zero-order chi connectivity index (χ0) is 17.3. The van der Waals surface area contributed by atoms with Crippen LogP contribution in [-0.2, 0) is 25.7 Å². The molecule has 0 aliphatic rings. The lowest BCUT2D eigenvalue weighted by molar-refractivity contribution is -0.873. The van der Waals surface area contributed by atoms with Crippen LogP contribution in [-0.4, -0.2) is 50.2 Å². The second-order valence-corrected chi connectivity index (χ2v) is 6.69. The normalized spacial score (nSPS) is 12.0. The van der Waals surface area contributed by atoms with Crippen molar-refractivity contribution in [2.75, 3.05) is 27.7 Å². The molecule has 1 aromatic carbocycles. The third kappa shape index (κ3) is 10.2. The van der Waals surface area contributed by atoms with Gasteiger partial charge in [0.25, 0.3) is 0 Å². The summed E-state index contributed by atoms with van der Waals surface area (Å²) in [6.07, 6.45) is 0.719. The van der Waals surface area contributed by atoms with Crippen molar-refractivity contribution in [2.24, 2.45) is 0 Å². The van der Waals surface area contributed by atoms with E-state index in [1.165, 1.54) is 0 Å². The van der Waals surface area contributed by atoms with E-state index in [0.29, 0.717) is 17.4 Å². The van der Waals surface area contributed by atoms with Crippen LogP contribution >= 0.6 is 0 Å². The lowest BCUT2D eigenvalue weighted by Crippen LogP contribution is -3.00. The number of likely N-dealkylation sites (N-methyl/N-ethyl adjacent to an activating group) is 1. The van der Waals surface area contributed by atoms with E-state index in [1.807, 2.05) is 58.4 Å². The van der Waals surface area contributed by atoms with E-state index in [2.05, 4.69) is 0 Å². The van der Waals surface area contributed by atoms with Crippen molar-refractivity contribution in [3.63, 3.8) is 0 Å². The topological polar surface area (TPSA) is 52.6 Å². The molecule has 24 heavy (non-hydrogen) atoms. The van der Waals surface area contributed by atoms with Crippen molar-refractivity contribution in [3.05, 3.63) is 35.9 Å². The minimum atomic E-state index is -0.461. The van der Waals surface area contributed by atoms with Gasteiger partial charge in [0, 0.05) is 6.42 Å². The van der Waals surface area contributed by atoms with Gasteiger partial charge in [0.15, 0.2) is 6.10 Å². The van der Waals surface area contributed by atoms with Gasteiger partial charge in [-0.1, -0.05) is 37.3 Å². The Morgan fingerprint density at radius 1 is 1.08 bits per heavy atom. The Hall–Kier alpha value is -1.59. The minimum Gasteiger partial charge on any atom is -1.00 e. The predicted octanol–water partition coefficient (Wildman–Crippen LogP) is -0.458. The molecule has 0 unspecified atom stereocenters. The SMILES string of the molecule is CCCC(=O)O[C@H](CC(=O)OCc1ccccc1)C[N+](C)(C)C.[Cl-]. The van der Waals surface area contributed by atoms with Gasteiger partial charge in [-0.25, -0.2) is 0 Å². The van der Waals surface area contributed by atoms with Crippen molar-refractivity contribution in [3.8, 4) is 0 Å². The second kappa shape index (κ2) is 11.0. The van der Waals surface area contributed by atoms with E-state index in [9.17, 15) is 9.59 Å². The van der Waals surface area contributed by atoms with Gasteiger partial charge in [-0.3, -0.25) is 9.59 Å². The fourth-order valence-electron chi connectivity index (χ4n) is 2.19. The van der Waals surface area contributed by atoms with Crippen LogP contribution in [0.4, 0.5) is 0 Å². The monoisotopic (exact) mass is 357 g/mol. The molecular weight excluding hydrogens is 330 g/mol. The molecule has 0 saturated carbocycles. The number of carbonyl (C=O) groups is 2. The molecule has 1 atom stereocenters. The molecule has 0 N–H and O–H groups in total. The van der Waals surface area contributed by atoms with E-state index >= 15 is 0 Å². The van der Waals surface area contributed by atoms with E-state index in [4.69, 9.17) is 9.47 Å². The average Bonchev–Trinajstić information content (AvgIpc) is 2.44. The molecule has 0 heterocycles. The van der Waals surface area contributed by atoms with Gasteiger partial charge in [-0.2, -0.15) is 0 Å². The first-order valence-corrected chi connectivity index (χ1v) is 7.99. The van der Waals surface area contributed by atoms with Crippen LogP contribution < -0.4 is 12.4 Å². The Kier molecular flexibility index (Phi) is 10.3. The molecule has 0 saturated heterocycles. The number of hydrogen-bond acceptors (Lipinski definition) is 4. The van der Waals surface area contributed by atoms with Gasteiger partial charge in [-0.05, 0) is 12.0 Å². The summed E-state index contributed by atoms with van der Waals surface area (Å²) >= 11 is 0. The fraction of sp³-hybridized carbons (Fsp3) is 0.556. The second-order valence-electron chi connectivity index (χ2n) is 6.69. The first kappa shape index (κ1) is 22.4. The first-order valence-electron chi connectivity index (χ1n) is 7.99. The maximum absolute atomic E-state index is 12.0. The highest BCUT2D eigenvalue weighted by molar-refractivity contribution is 5.72. The molecule has 6 heteroatoms. The standard InChI is InChI=1S/C18H28NO4.ClH/c1-5-9-17(20)23-16(13-19(2,3)4)12-18(21)22-14-15-10-7-6-8-11-15;/h6-8,10-11,16H,5,9,12-14H2,1-4H3;1H/q+1;/p-1/t16-;/m1./s1. The summed E-state index contributed by atoms with van der Waals surface area (Å²) in [6.45, 7) is 2.72. The van der Waals surface area contributed by atoms with Crippen LogP contribution in [0.25, 0.3) is 0 Å². The Labute approximate surface area is 150 Å². The Balaban J connectivity index is 0.00000529. The van der Waals surface area contributed by atoms with Crippen LogP contribution in [0.15, 0.2) is 30.3 Å². The average molecular weight is 358 g/mol. The first-order chi connectivity index (χ1) is 10.8.